The number of hydrogen-bond donors (Lipinski definition) is 0. The topological polar surface area (TPSA) is 69.0 Å². The summed E-state index contributed by atoms with van der Waals surface area (Å²) in [6.45, 7) is 4.06. The first-order chi connectivity index (χ1) is 16.0. The normalized spacial score (nSPS) is 14.2. The maximum Gasteiger partial charge on any atom is 0.282 e. The molecular formula is C25H29BrN4O3. The minimum absolute atomic E-state index is 0.197. The van der Waals surface area contributed by atoms with E-state index in [1.165, 1.54) is 23.9 Å². The van der Waals surface area contributed by atoms with Gasteiger partial charge < -0.3 is 14.4 Å². The Kier molecular flexibility index (Phi) is 7.33. The molecule has 0 unspecified atom stereocenters. The molecule has 0 spiro atoms. The van der Waals surface area contributed by atoms with Crippen LogP contribution in [0.25, 0.3) is 10.9 Å². The minimum atomic E-state index is -0.197. The molecule has 2 heterocycles. The second kappa shape index (κ2) is 10.4. The molecular weight excluding hydrogens is 484 g/mol. The van der Waals surface area contributed by atoms with E-state index in [2.05, 4.69) is 32.9 Å². The van der Waals surface area contributed by atoms with Crippen LogP contribution in [0.3, 0.4) is 0 Å². The molecule has 1 saturated heterocycles. The number of ether oxygens (including phenoxy) is 2. The Morgan fingerprint density at radius 2 is 1.85 bits per heavy atom. The summed E-state index contributed by atoms with van der Waals surface area (Å²) >= 11 is 3.44. The van der Waals surface area contributed by atoms with Gasteiger partial charge in [0.05, 0.1) is 37.0 Å². The van der Waals surface area contributed by atoms with E-state index in [4.69, 9.17) is 14.5 Å². The number of halogens is 1. The third-order valence-corrected chi connectivity index (χ3v) is 6.38. The summed E-state index contributed by atoms with van der Waals surface area (Å²) in [5, 5.41) is 5.07. The van der Waals surface area contributed by atoms with Crippen LogP contribution >= 0.6 is 15.9 Å². The van der Waals surface area contributed by atoms with Crippen molar-refractivity contribution in [2.75, 3.05) is 32.2 Å². The molecule has 0 amide bonds. The SMILES string of the molecule is CCCc1nc2ccc(Br)cc2c(=O)n1N=Cc1cc(OC)c(N2CCCCC2)cc1OC. The summed E-state index contributed by atoms with van der Waals surface area (Å²) in [5.41, 5.74) is 2.23. The molecule has 0 N–H and O–H groups in total. The van der Waals surface area contributed by atoms with Crippen molar-refractivity contribution in [1.29, 1.82) is 0 Å². The number of aryl methyl sites for hydroxylation is 1. The minimum Gasteiger partial charge on any atom is -0.496 e. The molecule has 0 atom stereocenters. The second-order valence-electron chi connectivity index (χ2n) is 8.11. The molecule has 1 aliphatic rings. The van der Waals surface area contributed by atoms with Gasteiger partial charge in [-0.25, -0.2) is 4.98 Å². The number of rotatable bonds is 7. The van der Waals surface area contributed by atoms with Crippen molar-refractivity contribution in [1.82, 2.24) is 9.66 Å². The van der Waals surface area contributed by atoms with Gasteiger partial charge in [-0.05, 0) is 49.9 Å². The summed E-state index contributed by atoms with van der Waals surface area (Å²) in [6, 6.07) is 9.43. The highest BCUT2D eigenvalue weighted by Crippen LogP contribution is 2.36. The Labute approximate surface area is 202 Å². The van der Waals surface area contributed by atoms with E-state index in [9.17, 15) is 4.79 Å². The van der Waals surface area contributed by atoms with Gasteiger partial charge in [-0.15, -0.1) is 0 Å². The number of benzene rings is 2. The van der Waals surface area contributed by atoms with Crippen molar-refractivity contribution in [2.45, 2.75) is 39.0 Å². The molecule has 1 fully saturated rings. The lowest BCUT2D eigenvalue weighted by atomic mass is 10.1. The molecule has 8 heteroatoms. The number of methoxy groups -OCH3 is 2. The predicted octanol–water partition coefficient (Wildman–Crippen LogP) is 5.00. The highest BCUT2D eigenvalue weighted by Gasteiger charge is 2.18. The Hall–Kier alpha value is -2.87. The summed E-state index contributed by atoms with van der Waals surface area (Å²) < 4.78 is 13.6. The van der Waals surface area contributed by atoms with Crippen LogP contribution in [-0.4, -0.2) is 43.2 Å². The Morgan fingerprint density at radius 3 is 2.55 bits per heavy atom. The average molecular weight is 513 g/mol. The number of fused-ring (bicyclic) bond motifs is 1. The van der Waals surface area contributed by atoms with Crippen LogP contribution in [0.2, 0.25) is 0 Å². The summed E-state index contributed by atoms with van der Waals surface area (Å²) in [5.74, 6) is 2.08. The van der Waals surface area contributed by atoms with Crippen molar-refractivity contribution in [3.63, 3.8) is 0 Å². The number of piperidine rings is 1. The number of aromatic nitrogens is 2. The standard InChI is InChI=1S/C25H29BrN4O3/c1-4-8-24-28-20-10-9-18(26)14-19(20)25(31)30(24)27-16-17-13-23(33-3)21(15-22(17)32-2)29-11-6-5-7-12-29/h9-10,13-16H,4-8,11-12H2,1-3H3. The molecule has 1 aromatic heterocycles. The van der Waals surface area contributed by atoms with Gasteiger partial charge >= 0.3 is 0 Å². The van der Waals surface area contributed by atoms with Gasteiger partial charge in [0.15, 0.2) is 0 Å². The maximum absolute atomic E-state index is 13.3. The van der Waals surface area contributed by atoms with E-state index < -0.39 is 0 Å². The highest BCUT2D eigenvalue weighted by molar-refractivity contribution is 9.10. The molecule has 174 valence electrons. The molecule has 0 saturated carbocycles. The Morgan fingerprint density at radius 1 is 1.09 bits per heavy atom. The first-order valence-electron chi connectivity index (χ1n) is 11.3. The zero-order chi connectivity index (χ0) is 23.4. The highest BCUT2D eigenvalue weighted by atomic mass is 79.9. The van der Waals surface area contributed by atoms with Crippen LogP contribution in [0.1, 0.15) is 44.0 Å². The van der Waals surface area contributed by atoms with Gasteiger partial charge in [0, 0.05) is 35.6 Å². The number of hydrogen-bond acceptors (Lipinski definition) is 6. The third kappa shape index (κ3) is 4.90. The first-order valence-corrected chi connectivity index (χ1v) is 12.1. The van der Waals surface area contributed by atoms with Crippen LogP contribution < -0.4 is 19.9 Å². The lowest BCUT2D eigenvalue weighted by Gasteiger charge is -2.30. The molecule has 1 aliphatic heterocycles. The molecule has 0 radical (unpaired) electrons. The summed E-state index contributed by atoms with van der Waals surface area (Å²) in [6.07, 6.45) is 6.74. The van der Waals surface area contributed by atoms with Crippen molar-refractivity contribution >= 4 is 38.7 Å². The van der Waals surface area contributed by atoms with Crippen molar-refractivity contribution in [2.24, 2.45) is 5.10 Å². The fraction of sp³-hybridized carbons (Fsp3) is 0.400. The van der Waals surface area contributed by atoms with Crippen molar-refractivity contribution in [3.05, 3.63) is 56.5 Å². The molecule has 4 rings (SSSR count). The fourth-order valence-electron chi connectivity index (χ4n) is 4.21. The molecule has 3 aromatic rings. The summed E-state index contributed by atoms with van der Waals surface area (Å²) in [4.78, 5) is 20.3. The van der Waals surface area contributed by atoms with Gasteiger partial charge in [0.25, 0.3) is 5.56 Å². The smallest absolute Gasteiger partial charge is 0.282 e. The zero-order valence-corrected chi connectivity index (χ0v) is 20.9. The molecule has 7 nitrogen and oxygen atoms in total. The molecule has 33 heavy (non-hydrogen) atoms. The van der Waals surface area contributed by atoms with E-state index >= 15 is 0 Å². The van der Waals surface area contributed by atoms with Gasteiger partial charge in [0.2, 0.25) is 0 Å². The Balaban J connectivity index is 1.79. The van der Waals surface area contributed by atoms with Crippen molar-refractivity contribution in [3.8, 4) is 11.5 Å². The fourth-order valence-corrected chi connectivity index (χ4v) is 4.57. The van der Waals surface area contributed by atoms with E-state index in [1.807, 2.05) is 24.3 Å². The number of anilines is 1. The van der Waals surface area contributed by atoms with E-state index in [0.29, 0.717) is 28.9 Å². The average Bonchev–Trinajstić information content (AvgIpc) is 2.84. The van der Waals surface area contributed by atoms with Crippen molar-refractivity contribution < 1.29 is 9.47 Å². The quantitative estimate of drug-likeness (QED) is 0.416. The third-order valence-electron chi connectivity index (χ3n) is 5.89. The second-order valence-corrected chi connectivity index (χ2v) is 9.03. The van der Waals surface area contributed by atoms with Crippen LogP contribution in [0, 0.1) is 0 Å². The van der Waals surface area contributed by atoms with Gasteiger partial charge in [-0.2, -0.15) is 9.78 Å². The Bertz CT molecular complexity index is 1230. The van der Waals surface area contributed by atoms with Crippen LogP contribution in [0.15, 0.2) is 44.7 Å². The lowest BCUT2D eigenvalue weighted by molar-refractivity contribution is 0.401. The van der Waals surface area contributed by atoms with Gasteiger partial charge in [0.1, 0.15) is 17.3 Å². The van der Waals surface area contributed by atoms with E-state index in [-0.39, 0.29) is 5.56 Å². The van der Waals surface area contributed by atoms with E-state index in [0.717, 1.165) is 41.0 Å². The lowest BCUT2D eigenvalue weighted by Crippen LogP contribution is -2.29. The van der Waals surface area contributed by atoms with E-state index in [1.54, 1.807) is 26.5 Å². The van der Waals surface area contributed by atoms with Gasteiger partial charge in [-0.3, -0.25) is 4.79 Å². The van der Waals surface area contributed by atoms with Crippen LogP contribution in [0.5, 0.6) is 11.5 Å². The van der Waals surface area contributed by atoms with Gasteiger partial charge in [-0.1, -0.05) is 22.9 Å². The molecule has 2 aromatic carbocycles. The largest absolute Gasteiger partial charge is 0.496 e. The van der Waals surface area contributed by atoms with Crippen LogP contribution in [-0.2, 0) is 6.42 Å². The molecule has 0 aliphatic carbocycles. The van der Waals surface area contributed by atoms with Crippen LogP contribution in [0.4, 0.5) is 5.69 Å². The zero-order valence-electron chi connectivity index (χ0n) is 19.3. The maximum atomic E-state index is 13.3. The summed E-state index contributed by atoms with van der Waals surface area (Å²) in [7, 11) is 3.31. The molecule has 0 bridgehead atoms. The predicted molar refractivity (Wildman–Crippen MR) is 136 cm³/mol. The first kappa shape index (κ1) is 23.3. The number of nitrogens with zero attached hydrogens (tertiary/aromatic N) is 4. The monoisotopic (exact) mass is 512 g/mol.